The van der Waals surface area contributed by atoms with Crippen molar-refractivity contribution < 1.29 is 9.84 Å². The van der Waals surface area contributed by atoms with Gasteiger partial charge in [0.2, 0.25) is 0 Å². The number of phenolic OH excluding ortho intramolecular Hbond substituents is 1. The minimum absolute atomic E-state index is 0.185. The maximum atomic E-state index is 9.43. The van der Waals surface area contributed by atoms with Crippen LogP contribution in [0.5, 0.6) is 11.5 Å². The molecule has 1 atom stereocenters. The summed E-state index contributed by atoms with van der Waals surface area (Å²) >= 11 is 0. The smallest absolute Gasteiger partial charge is 0.127 e. The van der Waals surface area contributed by atoms with Gasteiger partial charge in [0, 0.05) is 6.04 Å². The van der Waals surface area contributed by atoms with Crippen LogP contribution in [0.15, 0.2) is 18.2 Å². The van der Waals surface area contributed by atoms with Gasteiger partial charge in [-0.1, -0.05) is 6.07 Å². The first-order chi connectivity index (χ1) is 5.66. The highest BCUT2D eigenvalue weighted by Crippen LogP contribution is 2.31. The monoisotopic (exact) mass is 167 g/mol. The molecule has 1 rings (SSSR count). The molecule has 0 saturated heterocycles. The molecule has 1 aromatic rings. The van der Waals surface area contributed by atoms with E-state index in [0.29, 0.717) is 11.3 Å². The maximum Gasteiger partial charge on any atom is 0.127 e. The Balaban J connectivity index is 3.20. The number of aromatic hydroxyl groups is 1. The molecule has 0 fully saturated rings. The molecule has 0 aliphatic rings. The largest absolute Gasteiger partial charge is 0.507 e. The summed E-state index contributed by atoms with van der Waals surface area (Å²) in [4.78, 5) is 0. The van der Waals surface area contributed by atoms with Crippen LogP contribution < -0.4 is 10.5 Å². The summed E-state index contributed by atoms with van der Waals surface area (Å²) in [6, 6.07) is 4.88. The number of hydrogen-bond acceptors (Lipinski definition) is 3. The molecule has 3 heteroatoms. The fourth-order valence-corrected chi connectivity index (χ4v) is 1.17. The first-order valence-electron chi connectivity index (χ1n) is 3.78. The van der Waals surface area contributed by atoms with E-state index < -0.39 is 0 Å². The third kappa shape index (κ3) is 1.51. The van der Waals surface area contributed by atoms with Gasteiger partial charge in [-0.3, -0.25) is 0 Å². The van der Waals surface area contributed by atoms with Gasteiger partial charge >= 0.3 is 0 Å². The number of phenols is 1. The Labute approximate surface area is 71.8 Å². The van der Waals surface area contributed by atoms with Crippen molar-refractivity contribution in [3.63, 3.8) is 0 Å². The summed E-state index contributed by atoms with van der Waals surface area (Å²) in [5.74, 6) is 0.814. The SMILES string of the molecule is COc1cccc(O)c1[C@@H](C)N. The molecule has 0 amide bonds. The Bertz CT molecular complexity index is 271. The zero-order chi connectivity index (χ0) is 9.14. The van der Waals surface area contributed by atoms with E-state index in [4.69, 9.17) is 10.5 Å². The van der Waals surface area contributed by atoms with Gasteiger partial charge < -0.3 is 15.6 Å². The van der Waals surface area contributed by atoms with E-state index in [2.05, 4.69) is 0 Å². The second kappa shape index (κ2) is 3.45. The lowest BCUT2D eigenvalue weighted by Crippen LogP contribution is -2.07. The lowest BCUT2D eigenvalue weighted by atomic mass is 10.1. The average Bonchev–Trinajstić information content (AvgIpc) is 2.03. The van der Waals surface area contributed by atoms with E-state index in [9.17, 15) is 5.11 Å². The summed E-state index contributed by atoms with van der Waals surface area (Å²) in [7, 11) is 1.56. The quantitative estimate of drug-likeness (QED) is 0.700. The van der Waals surface area contributed by atoms with Crippen LogP contribution in [-0.2, 0) is 0 Å². The van der Waals surface area contributed by atoms with Gasteiger partial charge in [0.05, 0.1) is 12.7 Å². The first kappa shape index (κ1) is 8.87. The molecular weight excluding hydrogens is 154 g/mol. The molecule has 0 spiro atoms. The lowest BCUT2D eigenvalue weighted by Gasteiger charge is -2.12. The van der Waals surface area contributed by atoms with Crippen molar-refractivity contribution in [1.29, 1.82) is 0 Å². The topological polar surface area (TPSA) is 55.5 Å². The zero-order valence-corrected chi connectivity index (χ0v) is 7.24. The first-order valence-corrected chi connectivity index (χ1v) is 3.78. The standard InChI is InChI=1S/C9H13NO2/c1-6(10)9-7(11)4-3-5-8(9)12-2/h3-6,11H,10H2,1-2H3/t6-/m1/s1. The number of rotatable bonds is 2. The van der Waals surface area contributed by atoms with Gasteiger partial charge in [-0.15, -0.1) is 0 Å². The molecule has 12 heavy (non-hydrogen) atoms. The van der Waals surface area contributed by atoms with E-state index >= 15 is 0 Å². The molecule has 0 aliphatic carbocycles. The minimum Gasteiger partial charge on any atom is -0.507 e. The highest BCUT2D eigenvalue weighted by Gasteiger charge is 2.11. The number of benzene rings is 1. The molecule has 0 unspecified atom stereocenters. The van der Waals surface area contributed by atoms with E-state index in [1.165, 1.54) is 0 Å². The maximum absolute atomic E-state index is 9.43. The minimum atomic E-state index is -0.221. The zero-order valence-electron chi connectivity index (χ0n) is 7.24. The number of ether oxygens (including phenoxy) is 1. The van der Waals surface area contributed by atoms with Crippen LogP contribution in [-0.4, -0.2) is 12.2 Å². The van der Waals surface area contributed by atoms with Gasteiger partial charge in [0.15, 0.2) is 0 Å². The van der Waals surface area contributed by atoms with Crippen molar-refractivity contribution in [2.75, 3.05) is 7.11 Å². The Morgan fingerprint density at radius 3 is 2.58 bits per heavy atom. The van der Waals surface area contributed by atoms with E-state index in [1.807, 2.05) is 0 Å². The Morgan fingerprint density at radius 2 is 2.17 bits per heavy atom. The molecule has 0 saturated carbocycles. The van der Waals surface area contributed by atoms with Crippen molar-refractivity contribution in [3.8, 4) is 11.5 Å². The van der Waals surface area contributed by atoms with Crippen molar-refractivity contribution in [3.05, 3.63) is 23.8 Å². The number of nitrogens with two attached hydrogens (primary N) is 1. The van der Waals surface area contributed by atoms with Gasteiger partial charge in [-0.05, 0) is 19.1 Å². The fourth-order valence-electron chi connectivity index (χ4n) is 1.17. The third-order valence-corrected chi connectivity index (χ3v) is 1.72. The number of hydrogen-bond donors (Lipinski definition) is 2. The third-order valence-electron chi connectivity index (χ3n) is 1.72. The van der Waals surface area contributed by atoms with Crippen LogP contribution in [0.25, 0.3) is 0 Å². The van der Waals surface area contributed by atoms with Gasteiger partial charge in [0.1, 0.15) is 11.5 Å². The van der Waals surface area contributed by atoms with Crippen LogP contribution in [0.3, 0.4) is 0 Å². The predicted molar refractivity (Wildman–Crippen MR) is 47.3 cm³/mol. The van der Waals surface area contributed by atoms with Gasteiger partial charge in [0.25, 0.3) is 0 Å². The molecule has 0 bridgehead atoms. The van der Waals surface area contributed by atoms with E-state index in [0.717, 1.165) is 0 Å². The van der Waals surface area contributed by atoms with E-state index in [-0.39, 0.29) is 11.8 Å². The molecule has 1 aromatic carbocycles. The molecular formula is C9H13NO2. The number of methoxy groups -OCH3 is 1. The average molecular weight is 167 g/mol. The van der Waals surface area contributed by atoms with Crippen LogP contribution in [0, 0.1) is 0 Å². The van der Waals surface area contributed by atoms with Crippen molar-refractivity contribution >= 4 is 0 Å². The van der Waals surface area contributed by atoms with Crippen LogP contribution in [0.4, 0.5) is 0 Å². The van der Waals surface area contributed by atoms with Crippen LogP contribution in [0.1, 0.15) is 18.5 Å². The van der Waals surface area contributed by atoms with Gasteiger partial charge in [-0.2, -0.15) is 0 Å². The van der Waals surface area contributed by atoms with Crippen molar-refractivity contribution in [2.24, 2.45) is 5.73 Å². The summed E-state index contributed by atoms with van der Waals surface area (Å²) in [6.45, 7) is 1.80. The summed E-state index contributed by atoms with van der Waals surface area (Å²) in [5.41, 5.74) is 6.30. The van der Waals surface area contributed by atoms with Gasteiger partial charge in [-0.25, -0.2) is 0 Å². The Morgan fingerprint density at radius 1 is 1.50 bits per heavy atom. The molecule has 0 heterocycles. The molecule has 0 aromatic heterocycles. The van der Waals surface area contributed by atoms with Crippen LogP contribution >= 0.6 is 0 Å². The van der Waals surface area contributed by atoms with Crippen molar-refractivity contribution in [2.45, 2.75) is 13.0 Å². The Hall–Kier alpha value is -1.22. The summed E-state index contributed by atoms with van der Waals surface area (Å²) < 4.78 is 5.05. The fraction of sp³-hybridized carbons (Fsp3) is 0.333. The second-order valence-electron chi connectivity index (χ2n) is 2.68. The molecule has 0 radical (unpaired) electrons. The highest BCUT2D eigenvalue weighted by atomic mass is 16.5. The van der Waals surface area contributed by atoms with Crippen molar-refractivity contribution in [1.82, 2.24) is 0 Å². The molecule has 0 aliphatic heterocycles. The summed E-state index contributed by atoms with van der Waals surface area (Å²) in [6.07, 6.45) is 0. The Kier molecular flexibility index (Phi) is 2.55. The molecule has 3 nitrogen and oxygen atoms in total. The highest BCUT2D eigenvalue weighted by molar-refractivity contribution is 5.45. The summed E-state index contributed by atoms with van der Waals surface area (Å²) in [5, 5.41) is 9.43. The molecule has 3 N–H and O–H groups in total. The second-order valence-corrected chi connectivity index (χ2v) is 2.68. The van der Waals surface area contributed by atoms with E-state index in [1.54, 1.807) is 32.2 Å². The normalized spacial score (nSPS) is 12.6. The van der Waals surface area contributed by atoms with Crippen LogP contribution in [0.2, 0.25) is 0 Å². The predicted octanol–water partition coefficient (Wildman–Crippen LogP) is 1.42. The molecule has 66 valence electrons. The lowest BCUT2D eigenvalue weighted by molar-refractivity contribution is 0.395.